The van der Waals surface area contributed by atoms with Gasteiger partial charge in [0.25, 0.3) is 0 Å². The van der Waals surface area contributed by atoms with Crippen LogP contribution in [0.25, 0.3) is 11.1 Å². The van der Waals surface area contributed by atoms with Gasteiger partial charge in [-0.3, -0.25) is 4.68 Å². The van der Waals surface area contributed by atoms with Crippen molar-refractivity contribution < 1.29 is 8.78 Å². The molecule has 2 aromatic heterocycles. The monoisotopic (exact) mass is 319 g/mol. The minimum absolute atomic E-state index is 0.102. The van der Waals surface area contributed by atoms with Crippen molar-refractivity contribution in [1.29, 1.82) is 0 Å². The van der Waals surface area contributed by atoms with E-state index in [2.05, 4.69) is 10.1 Å². The highest BCUT2D eigenvalue weighted by molar-refractivity contribution is 6.29. The molecule has 6 heteroatoms. The zero-order valence-electron chi connectivity index (χ0n) is 11.7. The number of benzene rings is 1. The van der Waals surface area contributed by atoms with Crippen LogP contribution >= 0.6 is 11.6 Å². The van der Waals surface area contributed by atoms with Gasteiger partial charge in [-0.2, -0.15) is 5.10 Å². The fourth-order valence-electron chi connectivity index (χ4n) is 2.22. The van der Waals surface area contributed by atoms with Crippen LogP contribution in [-0.2, 0) is 0 Å². The summed E-state index contributed by atoms with van der Waals surface area (Å²) in [4.78, 5) is 3.69. The van der Waals surface area contributed by atoms with Gasteiger partial charge in [0.05, 0.1) is 12.2 Å². The highest BCUT2D eigenvalue weighted by Gasteiger charge is 2.14. The number of hydrogen-bond acceptors (Lipinski definition) is 2. The lowest BCUT2D eigenvalue weighted by Gasteiger charge is -2.12. The molecule has 1 unspecified atom stereocenters. The van der Waals surface area contributed by atoms with Gasteiger partial charge in [0.15, 0.2) is 11.0 Å². The molecule has 2 heterocycles. The van der Waals surface area contributed by atoms with Crippen molar-refractivity contribution in [3.05, 3.63) is 71.3 Å². The second kappa shape index (κ2) is 5.85. The van der Waals surface area contributed by atoms with Crippen LogP contribution < -0.4 is 0 Å². The maximum atomic E-state index is 14.0. The van der Waals surface area contributed by atoms with Gasteiger partial charge in [0.1, 0.15) is 5.82 Å². The molecule has 0 bridgehead atoms. The highest BCUT2D eigenvalue weighted by Crippen LogP contribution is 2.27. The summed E-state index contributed by atoms with van der Waals surface area (Å²) < 4.78 is 28.7. The summed E-state index contributed by atoms with van der Waals surface area (Å²) in [5.74, 6) is -0.858. The fraction of sp³-hybridized carbons (Fsp3) is 0.125. The Morgan fingerprint density at radius 3 is 2.59 bits per heavy atom. The third kappa shape index (κ3) is 2.72. The summed E-state index contributed by atoms with van der Waals surface area (Å²) >= 11 is 5.69. The average Bonchev–Trinajstić information content (AvgIpc) is 3.00. The van der Waals surface area contributed by atoms with Crippen molar-refractivity contribution >= 4 is 11.6 Å². The van der Waals surface area contributed by atoms with E-state index < -0.39 is 5.82 Å². The first kappa shape index (κ1) is 14.7. The van der Waals surface area contributed by atoms with Crippen molar-refractivity contribution in [2.75, 3.05) is 0 Å². The SMILES string of the molecule is CC(c1ccc(F)cc1)n1cc(-c2ccnc(Cl)c2F)cn1. The van der Waals surface area contributed by atoms with E-state index in [0.717, 1.165) is 5.56 Å². The molecular formula is C16H12ClF2N3. The van der Waals surface area contributed by atoms with Crippen LogP contribution in [-0.4, -0.2) is 14.8 Å². The molecule has 3 rings (SSSR count). The van der Waals surface area contributed by atoms with Crippen LogP contribution in [0.4, 0.5) is 8.78 Å². The van der Waals surface area contributed by atoms with Gasteiger partial charge in [0, 0.05) is 23.5 Å². The molecule has 0 aliphatic carbocycles. The van der Waals surface area contributed by atoms with E-state index >= 15 is 0 Å². The molecular weight excluding hydrogens is 308 g/mol. The number of rotatable bonds is 3. The van der Waals surface area contributed by atoms with Crippen LogP contribution in [0.15, 0.2) is 48.9 Å². The van der Waals surface area contributed by atoms with Crippen molar-refractivity contribution in [3.63, 3.8) is 0 Å². The summed E-state index contributed by atoms with van der Waals surface area (Å²) in [5, 5.41) is 4.09. The number of pyridine rings is 1. The molecule has 3 nitrogen and oxygen atoms in total. The van der Waals surface area contributed by atoms with Gasteiger partial charge in [-0.25, -0.2) is 13.8 Å². The van der Waals surface area contributed by atoms with Crippen molar-refractivity contribution in [1.82, 2.24) is 14.8 Å². The first-order valence-corrected chi connectivity index (χ1v) is 7.04. The summed E-state index contributed by atoms with van der Waals surface area (Å²) in [6.07, 6.45) is 4.74. The Balaban J connectivity index is 1.93. The Morgan fingerprint density at radius 2 is 1.86 bits per heavy atom. The molecule has 3 aromatic rings. The highest BCUT2D eigenvalue weighted by atomic mass is 35.5. The first-order chi connectivity index (χ1) is 10.6. The van der Waals surface area contributed by atoms with Gasteiger partial charge >= 0.3 is 0 Å². The molecule has 0 aliphatic heterocycles. The topological polar surface area (TPSA) is 30.7 Å². The smallest absolute Gasteiger partial charge is 0.168 e. The number of aromatic nitrogens is 3. The van der Waals surface area contributed by atoms with Crippen LogP contribution in [0.1, 0.15) is 18.5 Å². The first-order valence-electron chi connectivity index (χ1n) is 6.66. The lowest BCUT2D eigenvalue weighted by atomic mass is 10.1. The Kier molecular flexibility index (Phi) is 3.90. The van der Waals surface area contributed by atoms with Crippen molar-refractivity contribution in [2.45, 2.75) is 13.0 Å². The third-order valence-corrected chi connectivity index (χ3v) is 3.77. The summed E-state index contributed by atoms with van der Waals surface area (Å²) in [7, 11) is 0. The number of hydrogen-bond donors (Lipinski definition) is 0. The minimum atomic E-state index is -0.571. The third-order valence-electron chi connectivity index (χ3n) is 3.51. The van der Waals surface area contributed by atoms with Gasteiger partial charge < -0.3 is 0 Å². The molecule has 0 fully saturated rings. The Hall–Kier alpha value is -2.27. The molecule has 1 atom stereocenters. The van der Waals surface area contributed by atoms with Gasteiger partial charge in [-0.05, 0) is 30.7 Å². The Morgan fingerprint density at radius 1 is 1.14 bits per heavy atom. The maximum Gasteiger partial charge on any atom is 0.168 e. The molecule has 112 valence electrons. The van der Waals surface area contributed by atoms with E-state index in [1.54, 1.807) is 35.3 Å². The largest absolute Gasteiger partial charge is 0.265 e. The second-order valence-corrected chi connectivity index (χ2v) is 5.26. The summed E-state index contributed by atoms with van der Waals surface area (Å²) in [6.45, 7) is 1.93. The van der Waals surface area contributed by atoms with E-state index in [9.17, 15) is 8.78 Å². The summed E-state index contributed by atoms with van der Waals surface area (Å²) in [5.41, 5.74) is 1.86. The predicted molar refractivity (Wildman–Crippen MR) is 80.6 cm³/mol. The van der Waals surface area contributed by atoms with Crippen LogP contribution in [0.2, 0.25) is 5.15 Å². The Labute approximate surface area is 131 Å². The molecule has 0 aliphatic rings. The van der Waals surface area contributed by atoms with Gasteiger partial charge in [0.2, 0.25) is 0 Å². The normalized spacial score (nSPS) is 12.4. The fourth-order valence-corrected chi connectivity index (χ4v) is 2.38. The summed E-state index contributed by atoms with van der Waals surface area (Å²) in [6, 6.07) is 7.65. The zero-order valence-corrected chi connectivity index (χ0v) is 12.4. The molecule has 0 spiro atoms. The minimum Gasteiger partial charge on any atom is -0.265 e. The van der Waals surface area contributed by atoms with Crippen LogP contribution in [0.5, 0.6) is 0 Å². The lowest BCUT2D eigenvalue weighted by Crippen LogP contribution is -2.06. The lowest BCUT2D eigenvalue weighted by molar-refractivity contribution is 0.561. The van der Waals surface area contributed by atoms with E-state index in [1.807, 2.05) is 6.92 Å². The molecule has 0 radical (unpaired) electrons. The molecule has 0 N–H and O–H groups in total. The molecule has 1 aromatic carbocycles. The second-order valence-electron chi connectivity index (χ2n) is 4.90. The van der Waals surface area contributed by atoms with Crippen molar-refractivity contribution in [2.24, 2.45) is 0 Å². The average molecular weight is 320 g/mol. The van der Waals surface area contributed by atoms with E-state index in [-0.39, 0.29) is 17.0 Å². The van der Waals surface area contributed by atoms with E-state index in [4.69, 9.17) is 11.6 Å². The van der Waals surface area contributed by atoms with E-state index in [0.29, 0.717) is 11.1 Å². The molecule has 22 heavy (non-hydrogen) atoms. The van der Waals surface area contributed by atoms with E-state index in [1.165, 1.54) is 18.3 Å². The number of nitrogens with zero attached hydrogens (tertiary/aromatic N) is 3. The van der Waals surface area contributed by atoms with Crippen LogP contribution in [0.3, 0.4) is 0 Å². The van der Waals surface area contributed by atoms with Gasteiger partial charge in [-0.1, -0.05) is 23.7 Å². The Bertz CT molecular complexity index is 799. The van der Waals surface area contributed by atoms with Crippen molar-refractivity contribution in [3.8, 4) is 11.1 Å². The maximum absolute atomic E-state index is 14.0. The van der Waals surface area contributed by atoms with Crippen LogP contribution in [0, 0.1) is 11.6 Å². The predicted octanol–water partition coefficient (Wildman–Crippen LogP) is 4.49. The molecule has 0 saturated heterocycles. The standard InChI is InChI=1S/C16H12ClF2N3/c1-10(11-2-4-13(18)5-3-11)22-9-12(8-21-22)14-6-7-20-16(17)15(14)19/h2-10H,1H3. The number of halogens is 3. The molecule has 0 saturated carbocycles. The molecule has 0 amide bonds. The zero-order chi connectivity index (χ0) is 15.7. The van der Waals surface area contributed by atoms with Gasteiger partial charge in [-0.15, -0.1) is 0 Å². The quantitative estimate of drug-likeness (QED) is 0.666.